The van der Waals surface area contributed by atoms with E-state index in [0.717, 1.165) is 25.8 Å². The Balaban J connectivity index is 1.89. The summed E-state index contributed by atoms with van der Waals surface area (Å²) in [6.07, 6.45) is 3.55. The first kappa shape index (κ1) is 13.6. The predicted molar refractivity (Wildman–Crippen MR) is 80.2 cm³/mol. The Morgan fingerprint density at radius 3 is 2.68 bits per heavy atom. The van der Waals surface area contributed by atoms with Gasteiger partial charge in [0.2, 0.25) is 5.91 Å². The number of hydrogen-bond acceptors (Lipinski definition) is 1. The molecule has 0 spiro atoms. The number of carbonyl (C=O) groups excluding carboxylic acids is 1. The van der Waals surface area contributed by atoms with Crippen LogP contribution >= 0.6 is 0 Å². The predicted octanol–water partition coefficient (Wildman–Crippen LogP) is 3.69. The maximum Gasteiger partial charge on any atom is 0.220 e. The summed E-state index contributed by atoms with van der Waals surface area (Å²) < 4.78 is 0. The molecule has 0 saturated heterocycles. The van der Waals surface area contributed by atoms with Gasteiger partial charge in [-0.25, -0.2) is 0 Å². The molecule has 0 fully saturated rings. The molecular formula is C17H21NO. The number of hydrogen-bond donors (Lipinski definition) is 1. The van der Waals surface area contributed by atoms with Crippen LogP contribution in [0.3, 0.4) is 0 Å². The monoisotopic (exact) mass is 255 g/mol. The molecule has 2 nitrogen and oxygen atoms in total. The minimum absolute atomic E-state index is 0.154. The Morgan fingerprint density at radius 2 is 1.89 bits per heavy atom. The van der Waals surface area contributed by atoms with Gasteiger partial charge in [0, 0.05) is 13.0 Å². The Morgan fingerprint density at radius 1 is 1.11 bits per heavy atom. The van der Waals surface area contributed by atoms with Crippen molar-refractivity contribution in [2.75, 3.05) is 6.54 Å². The SMILES string of the molecule is CCCCNC(=O)CCc1ccc2ccccc2c1. The van der Waals surface area contributed by atoms with Crippen molar-refractivity contribution in [3.8, 4) is 0 Å². The average Bonchev–Trinajstić information content (AvgIpc) is 2.45. The van der Waals surface area contributed by atoms with Gasteiger partial charge in [-0.1, -0.05) is 55.8 Å². The Bertz CT molecular complexity index is 548. The van der Waals surface area contributed by atoms with Gasteiger partial charge in [-0.3, -0.25) is 4.79 Å². The Hall–Kier alpha value is -1.83. The Labute approximate surface area is 114 Å². The fourth-order valence-corrected chi connectivity index (χ4v) is 2.15. The standard InChI is InChI=1S/C17H21NO/c1-2-3-12-18-17(19)11-9-14-8-10-15-6-4-5-7-16(15)13-14/h4-8,10,13H,2-3,9,11-12H2,1H3,(H,18,19). The van der Waals surface area contributed by atoms with Crippen molar-refractivity contribution in [2.45, 2.75) is 32.6 Å². The van der Waals surface area contributed by atoms with Crippen molar-refractivity contribution in [3.63, 3.8) is 0 Å². The molecule has 1 amide bonds. The fourth-order valence-electron chi connectivity index (χ4n) is 2.15. The van der Waals surface area contributed by atoms with Crippen LogP contribution < -0.4 is 5.32 Å². The molecule has 1 N–H and O–H groups in total. The molecule has 0 unspecified atom stereocenters. The highest BCUT2D eigenvalue weighted by molar-refractivity contribution is 5.83. The highest BCUT2D eigenvalue weighted by Gasteiger charge is 2.02. The summed E-state index contributed by atoms with van der Waals surface area (Å²) in [4.78, 5) is 11.6. The first-order valence-corrected chi connectivity index (χ1v) is 7.04. The van der Waals surface area contributed by atoms with Crippen LogP contribution in [-0.2, 0) is 11.2 Å². The molecule has 0 bridgehead atoms. The van der Waals surface area contributed by atoms with Crippen molar-refractivity contribution < 1.29 is 4.79 Å². The van der Waals surface area contributed by atoms with Crippen LogP contribution in [0.5, 0.6) is 0 Å². The van der Waals surface area contributed by atoms with Crippen LogP contribution in [0.15, 0.2) is 42.5 Å². The third kappa shape index (κ3) is 4.09. The van der Waals surface area contributed by atoms with Crippen LogP contribution in [-0.4, -0.2) is 12.5 Å². The molecule has 0 radical (unpaired) electrons. The van der Waals surface area contributed by atoms with Crippen molar-refractivity contribution in [1.29, 1.82) is 0 Å². The number of nitrogens with one attached hydrogen (secondary N) is 1. The number of unbranched alkanes of at least 4 members (excludes halogenated alkanes) is 1. The van der Waals surface area contributed by atoms with Crippen LogP contribution in [0.2, 0.25) is 0 Å². The van der Waals surface area contributed by atoms with Crippen molar-refractivity contribution >= 4 is 16.7 Å². The van der Waals surface area contributed by atoms with E-state index in [1.807, 2.05) is 12.1 Å². The number of rotatable bonds is 6. The van der Waals surface area contributed by atoms with E-state index >= 15 is 0 Å². The topological polar surface area (TPSA) is 29.1 Å². The fraction of sp³-hybridized carbons (Fsp3) is 0.353. The minimum atomic E-state index is 0.154. The van der Waals surface area contributed by atoms with E-state index < -0.39 is 0 Å². The van der Waals surface area contributed by atoms with Gasteiger partial charge in [-0.05, 0) is 29.2 Å². The Kier molecular flexibility index (Phi) is 4.96. The third-order valence-corrected chi connectivity index (χ3v) is 3.31. The number of carbonyl (C=O) groups is 1. The van der Waals surface area contributed by atoms with Gasteiger partial charge < -0.3 is 5.32 Å². The van der Waals surface area contributed by atoms with E-state index in [0.29, 0.717) is 6.42 Å². The summed E-state index contributed by atoms with van der Waals surface area (Å²) >= 11 is 0. The van der Waals surface area contributed by atoms with E-state index in [9.17, 15) is 4.79 Å². The molecule has 2 aromatic rings. The molecule has 100 valence electrons. The second-order valence-corrected chi connectivity index (χ2v) is 4.89. The lowest BCUT2D eigenvalue weighted by Crippen LogP contribution is -2.24. The first-order valence-electron chi connectivity index (χ1n) is 7.04. The molecule has 0 atom stereocenters. The summed E-state index contributed by atoms with van der Waals surface area (Å²) in [5, 5.41) is 5.44. The molecular weight excluding hydrogens is 234 g/mol. The van der Waals surface area contributed by atoms with Crippen LogP contribution in [0.25, 0.3) is 10.8 Å². The summed E-state index contributed by atoms with van der Waals surface area (Å²) in [5.74, 6) is 0.154. The second kappa shape index (κ2) is 6.93. The number of aryl methyl sites for hydroxylation is 1. The van der Waals surface area contributed by atoms with Crippen molar-refractivity contribution in [3.05, 3.63) is 48.0 Å². The second-order valence-electron chi connectivity index (χ2n) is 4.89. The van der Waals surface area contributed by atoms with Gasteiger partial charge in [0.25, 0.3) is 0 Å². The maximum absolute atomic E-state index is 11.6. The van der Waals surface area contributed by atoms with Crippen LogP contribution in [0, 0.1) is 0 Å². The zero-order chi connectivity index (χ0) is 13.5. The first-order chi connectivity index (χ1) is 9.29. The molecule has 2 heteroatoms. The lowest BCUT2D eigenvalue weighted by atomic mass is 10.0. The number of benzene rings is 2. The van der Waals surface area contributed by atoms with Gasteiger partial charge in [-0.15, -0.1) is 0 Å². The largest absolute Gasteiger partial charge is 0.356 e. The van der Waals surface area contributed by atoms with Gasteiger partial charge in [0.05, 0.1) is 0 Å². The summed E-state index contributed by atoms with van der Waals surface area (Å²) in [7, 11) is 0. The van der Waals surface area contributed by atoms with Crippen molar-refractivity contribution in [1.82, 2.24) is 5.32 Å². The zero-order valence-corrected chi connectivity index (χ0v) is 11.5. The smallest absolute Gasteiger partial charge is 0.220 e. The maximum atomic E-state index is 11.6. The van der Waals surface area contributed by atoms with E-state index in [1.54, 1.807) is 0 Å². The minimum Gasteiger partial charge on any atom is -0.356 e. The summed E-state index contributed by atoms with van der Waals surface area (Å²) in [6, 6.07) is 14.7. The molecule has 0 aliphatic rings. The van der Waals surface area contributed by atoms with E-state index in [-0.39, 0.29) is 5.91 Å². The molecule has 2 rings (SSSR count). The van der Waals surface area contributed by atoms with E-state index in [2.05, 4.69) is 42.6 Å². The molecule has 2 aromatic carbocycles. The summed E-state index contributed by atoms with van der Waals surface area (Å²) in [5.41, 5.74) is 1.23. The van der Waals surface area contributed by atoms with Crippen LogP contribution in [0.4, 0.5) is 0 Å². The van der Waals surface area contributed by atoms with Crippen LogP contribution in [0.1, 0.15) is 31.7 Å². The van der Waals surface area contributed by atoms with E-state index in [1.165, 1.54) is 16.3 Å². The molecule has 0 aliphatic heterocycles. The van der Waals surface area contributed by atoms with Crippen molar-refractivity contribution in [2.24, 2.45) is 0 Å². The normalized spacial score (nSPS) is 10.6. The zero-order valence-electron chi connectivity index (χ0n) is 11.5. The van der Waals surface area contributed by atoms with E-state index in [4.69, 9.17) is 0 Å². The molecule has 0 saturated carbocycles. The lowest BCUT2D eigenvalue weighted by molar-refractivity contribution is -0.121. The quantitative estimate of drug-likeness (QED) is 0.784. The molecule has 0 aromatic heterocycles. The summed E-state index contributed by atoms with van der Waals surface area (Å²) in [6.45, 7) is 2.92. The average molecular weight is 255 g/mol. The molecule has 0 heterocycles. The van der Waals surface area contributed by atoms with Gasteiger partial charge in [0.1, 0.15) is 0 Å². The van der Waals surface area contributed by atoms with Gasteiger partial charge in [0.15, 0.2) is 0 Å². The number of fused-ring (bicyclic) bond motifs is 1. The number of amides is 1. The van der Waals surface area contributed by atoms with Gasteiger partial charge >= 0.3 is 0 Å². The third-order valence-electron chi connectivity index (χ3n) is 3.31. The highest BCUT2D eigenvalue weighted by Crippen LogP contribution is 2.16. The molecule has 19 heavy (non-hydrogen) atoms. The molecule has 0 aliphatic carbocycles. The van der Waals surface area contributed by atoms with Gasteiger partial charge in [-0.2, -0.15) is 0 Å². The highest BCUT2D eigenvalue weighted by atomic mass is 16.1. The lowest BCUT2D eigenvalue weighted by Gasteiger charge is -2.05.